The Labute approximate surface area is 167 Å². The Morgan fingerprint density at radius 3 is 2.68 bits per heavy atom. The van der Waals surface area contributed by atoms with Crippen LogP contribution in [0.4, 0.5) is 0 Å². The summed E-state index contributed by atoms with van der Waals surface area (Å²) in [5.41, 5.74) is 1.32. The predicted molar refractivity (Wildman–Crippen MR) is 103 cm³/mol. The van der Waals surface area contributed by atoms with Crippen molar-refractivity contribution in [3.8, 4) is 17.6 Å². The van der Waals surface area contributed by atoms with Crippen LogP contribution in [0.5, 0.6) is 11.5 Å². The summed E-state index contributed by atoms with van der Waals surface area (Å²) in [6.45, 7) is 0.418. The lowest BCUT2D eigenvalue weighted by Crippen LogP contribution is -2.22. The molecule has 0 saturated carbocycles. The van der Waals surface area contributed by atoms with Crippen LogP contribution in [-0.4, -0.2) is 13.0 Å². The van der Waals surface area contributed by atoms with Gasteiger partial charge >= 0.3 is 0 Å². The van der Waals surface area contributed by atoms with E-state index in [0.29, 0.717) is 27.8 Å². The number of carbonyl (C=O) groups excluding carboxylic acids is 1. The molecule has 0 aliphatic heterocycles. The highest BCUT2D eigenvalue weighted by molar-refractivity contribution is 6.30. The molecule has 2 aromatic carbocycles. The number of halogens is 1. The molecule has 1 amide bonds. The molecule has 0 atom stereocenters. The number of carbonyl (C=O) groups is 1. The minimum Gasteiger partial charge on any atom is -0.496 e. The van der Waals surface area contributed by atoms with Crippen molar-refractivity contribution >= 4 is 17.5 Å². The van der Waals surface area contributed by atoms with Crippen LogP contribution in [0.2, 0.25) is 5.02 Å². The van der Waals surface area contributed by atoms with E-state index in [1.807, 2.05) is 6.07 Å². The van der Waals surface area contributed by atoms with E-state index in [-0.39, 0.29) is 24.8 Å². The fraction of sp³-hybridized carbons (Fsp3) is 0.143. The van der Waals surface area contributed by atoms with Crippen LogP contribution >= 0.6 is 11.6 Å². The standard InChI is InChI=1S/C21H17ClN2O4/c1-26-19-8-4-16(22)10-15(19)12-24-21(25)20-9-7-18(28-20)13-27-17-5-2-14(11-23)3-6-17/h2-10H,12-13H2,1H3,(H,24,25). The van der Waals surface area contributed by atoms with Crippen molar-refractivity contribution in [3.05, 3.63) is 82.3 Å². The van der Waals surface area contributed by atoms with Crippen LogP contribution in [0.1, 0.15) is 27.4 Å². The molecule has 7 heteroatoms. The van der Waals surface area contributed by atoms with Crippen LogP contribution in [-0.2, 0) is 13.2 Å². The number of hydrogen-bond acceptors (Lipinski definition) is 5. The normalized spacial score (nSPS) is 10.2. The number of furan rings is 1. The number of nitrogens with one attached hydrogen (secondary N) is 1. The van der Waals surface area contributed by atoms with Crippen LogP contribution < -0.4 is 14.8 Å². The molecule has 0 fully saturated rings. The highest BCUT2D eigenvalue weighted by atomic mass is 35.5. The second kappa shape index (κ2) is 8.98. The molecule has 0 unspecified atom stereocenters. The number of methoxy groups -OCH3 is 1. The molecule has 0 spiro atoms. The second-order valence-corrected chi connectivity index (χ2v) is 6.27. The quantitative estimate of drug-likeness (QED) is 0.642. The molecule has 1 N–H and O–H groups in total. The van der Waals surface area contributed by atoms with E-state index < -0.39 is 0 Å². The zero-order chi connectivity index (χ0) is 19.9. The molecule has 0 saturated heterocycles. The van der Waals surface area contributed by atoms with Gasteiger partial charge in [-0.1, -0.05) is 11.6 Å². The molecular weight excluding hydrogens is 380 g/mol. The van der Waals surface area contributed by atoms with Gasteiger partial charge in [-0.25, -0.2) is 0 Å². The zero-order valence-corrected chi connectivity index (χ0v) is 15.8. The summed E-state index contributed by atoms with van der Waals surface area (Å²) in [7, 11) is 1.56. The number of rotatable bonds is 7. The summed E-state index contributed by atoms with van der Waals surface area (Å²) in [5.74, 6) is 1.58. The Hall–Kier alpha value is -3.43. The van der Waals surface area contributed by atoms with Crippen molar-refractivity contribution in [2.75, 3.05) is 7.11 Å². The van der Waals surface area contributed by atoms with Gasteiger partial charge in [0.2, 0.25) is 0 Å². The monoisotopic (exact) mass is 396 g/mol. The molecule has 142 valence electrons. The Kier molecular flexibility index (Phi) is 6.20. The lowest BCUT2D eigenvalue weighted by atomic mass is 10.2. The average molecular weight is 397 g/mol. The lowest BCUT2D eigenvalue weighted by Gasteiger charge is -2.09. The third-order valence-electron chi connectivity index (χ3n) is 3.93. The van der Waals surface area contributed by atoms with E-state index in [9.17, 15) is 4.79 Å². The van der Waals surface area contributed by atoms with Crippen molar-refractivity contribution in [1.29, 1.82) is 5.26 Å². The fourth-order valence-corrected chi connectivity index (χ4v) is 2.70. The summed E-state index contributed by atoms with van der Waals surface area (Å²) in [4.78, 5) is 12.3. The highest BCUT2D eigenvalue weighted by Crippen LogP contribution is 2.22. The van der Waals surface area contributed by atoms with E-state index in [2.05, 4.69) is 5.32 Å². The topological polar surface area (TPSA) is 84.5 Å². The van der Waals surface area contributed by atoms with Crippen molar-refractivity contribution in [2.24, 2.45) is 0 Å². The minimum atomic E-state index is -0.355. The van der Waals surface area contributed by atoms with Gasteiger partial charge < -0.3 is 19.2 Å². The number of nitrogens with zero attached hydrogens (tertiary/aromatic N) is 1. The molecule has 1 heterocycles. The summed E-state index contributed by atoms with van der Waals surface area (Å²) >= 11 is 6.00. The second-order valence-electron chi connectivity index (χ2n) is 5.83. The highest BCUT2D eigenvalue weighted by Gasteiger charge is 2.13. The Morgan fingerprint density at radius 1 is 1.18 bits per heavy atom. The predicted octanol–water partition coefficient (Wildman–Crippen LogP) is 4.32. The first-order valence-electron chi connectivity index (χ1n) is 8.41. The van der Waals surface area contributed by atoms with Gasteiger partial charge in [0.15, 0.2) is 5.76 Å². The number of benzene rings is 2. The Balaban J connectivity index is 1.56. The zero-order valence-electron chi connectivity index (χ0n) is 15.1. The maximum absolute atomic E-state index is 12.3. The van der Waals surface area contributed by atoms with E-state index in [0.717, 1.165) is 5.56 Å². The van der Waals surface area contributed by atoms with Gasteiger partial charge in [0.1, 0.15) is 23.9 Å². The Bertz CT molecular complexity index is 1010. The number of ether oxygens (including phenoxy) is 2. The van der Waals surface area contributed by atoms with Crippen LogP contribution in [0.25, 0.3) is 0 Å². The van der Waals surface area contributed by atoms with Gasteiger partial charge in [0.05, 0.1) is 18.7 Å². The van der Waals surface area contributed by atoms with Crippen LogP contribution in [0.15, 0.2) is 59.0 Å². The van der Waals surface area contributed by atoms with E-state index in [1.165, 1.54) is 0 Å². The van der Waals surface area contributed by atoms with Gasteiger partial charge in [0, 0.05) is 17.1 Å². The molecule has 1 aromatic heterocycles. The summed E-state index contributed by atoms with van der Waals surface area (Å²) in [6, 6.07) is 17.2. The first kappa shape index (κ1) is 19.3. The van der Waals surface area contributed by atoms with Crippen LogP contribution in [0.3, 0.4) is 0 Å². The van der Waals surface area contributed by atoms with Crippen molar-refractivity contribution in [3.63, 3.8) is 0 Å². The number of hydrogen-bond donors (Lipinski definition) is 1. The third-order valence-corrected chi connectivity index (χ3v) is 4.17. The number of amides is 1. The molecule has 6 nitrogen and oxygen atoms in total. The molecule has 0 bridgehead atoms. The molecule has 28 heavy (non-hydrogen) atoms. The van der Waals surface area contributed by atoms with Gasteiger partial charge in [-0.05, 0) is 54.6 Å². The maximum atomic E-state index is 12.3. The summed E-state index contributed by atoms with van der Waals surface area (Å²) in [5, 5.41) is 12.1. The van der Waals surface area contributed by atoms with E-state index in [1.54, 1.807) is 61.7 Å². The van der Waals surface area contributed by atoms with E-state index in [4.69, 9.17) is 30.8 Å². The third kappa shape index (κ3) is 4.84. The molecular formula is C21H17ClN2O4. The van der Waals surface area contributed by atoms with E-state index >= 15 is 0 Å². The minimum absolute atomic E-state index is 0.168. The van der Waals surface area contributed by atoms with Crippen molar-refractivity contribution < 1.29 is 18.7 Å². The van der Waals surface area contributed by atoms with Crippen molar-refractivity contribution in [1.82, 2.24) is 5.32 Å². The first-order chi connectivity index (χ1) is 13.6. The SMILES string of the molecule is COc1ccc(Cl)cc1CNC(=O)c1ccc(COc2ccc(C#N)cc2)o1. The van der Waals surface area contributed by atoms with Crippen LogP contribution in [0, 0.1) is 11.3 Å². The first-order valence-corrected chi connectivity index (χ1v) is 8.79. The van der Waals surface area contributed by atoms with Gasteiger partial charge in [-0.3, -0.25) is 4.79 Å². The van der Waals surface area contributed by atoms with Gasteiger partial charge in [-0.2, -0.15) is 5.26 Å². The largest absolute Gasteiger partial charge is 0.496 e. The molecule has 0 radical (unpaired) electrons. The van der Waals surface area contributed by atoms with Gasteiger partial charge in [0.25, 0.3) is 5.91 Å². The maximum Gasteiger partial charge on any atom is 0.287 e. The van der Waals surface area contributed by atoms with Crippen molar-refractivity contribution in [2.45, 2.75) is 13.2 Å². The lowest BCUT2D eigenvalue weighted by molar-refractivity contribution is 0.0919. The number of nitriles is 1. The molecule has 3 aromatic rings. The molecule has 0 aliphatic carbocycles. The fourth-order valence-electron chi connectivity index (χ4n) is 2.51. The molecule has 3 rings (SSSR count). The van der Waals surface area contributed by atoms with Gasteiger partial charge in [-0.15, -0.1) is 0 Å². The summed E-state index contributed by atoms with van der Waals surface area (Å²) < 4.78 is 16.4. The molecule has 0 aliphatic rings. The average Bonchev–Trinajstić information content (AvgIpc) is 3.20. The smallest absolute Gasteiger partial charge is 0.287 e. The summed E-state index contributed by atoms with van der Waals surface area (Å²) in [6.07, 6.45) is 0. The Morgan fingerprint density at radius 2 is 1.96 bits per heavy atom.